The first-order chi connectivity index (χ1) is 7.49. The second-order valence-electron chi connectivity index (χ2n) is 3.90. The van der Waals surface area contributed by atoms with E-state index < -0.39 is 6.10 Å². The highest BCUT2D eigenvalue weighted by atomic mass is 19.1. The minimum absolute atomic E-state index is 0.174. The maximum absolute atomic E-state index is 12.9. The molecule has 0 aromatic heterocycles. The van der Waals surface area contributed by atoms with Crippen molar-refractivity contribution in [2.45, 2.75) is 32.8 Å². The molecule has 2 N–H and O–H groups in total. The van der Waals surface area contributed by atoms with Crippen molar-refractivity contribution >= 4 is 11.6 Å². The highest BCUT2D eigenvalue weighted by Gasteiger charge is 2.05. The van der Waals surface area contributed by atoms with Gasteiger partial charge in [-0.1, -0.05) is 0 Å². The number of aliphatic hydroxyl groups excluding tert-OH is 1. The van der Waals surface area contributed by atoms with E-state index in [0.717, 1.165) is 0 Å². The van der Waals surface area contributed by atoms with Crippen LogP contribution in [0.25, 0.3) is 0 Å². The van der Waals surface area contributed by atoms with Crippen LogP contribution in [0.15, 0.2) is 18.2 Å². The number of aryl methyl sites for hydroxylation is 1. The minimum Gasteiger partial charge on any atom is -0.393 e. The Balaban J connectivity index is 2.53. The van der Waals surface area contributed by atoms with Gasteiger partial charge >= 0.3 is 0 Å². The maximum Gasteiger partial charge on any atom is 0.224 e. The van der Waals surface area contributed by atoms with E-state index in [1.807, 2.05) is 0 Å². The first-order valence-corrected chi connectivity index (χ1v) is 5.23. The van der Waals surface area contributed by atoms with Gasteiger partial charge in [-0.2, -0.15) is 0 Å². The lowest BCUT2D eigenvalue weighted by Gasteiger charge is -2.07. The smallest absolute Gasteiger partial charge is 0.224 e. The van der Waals surface area contributed by atoms with Gasteiger partial charge in [-0.25, -0.2) is 4.39 Å². The molecule has 1 unspecified atom stereocenters. The molecule has 0 aliphatic heterocycles. The fourth-order valence-corrected chi connectivity index (χ4v) is 1.29. The Bertz CT molecular complexity index is 377. The predicted molar refractivity (Wildman–Crippen MR) is 60.7 cm³/mol. The fraction of sp³-hybridized carbons (Fsp3) is 0.417. The molecule has 0 saturated heterocycles. The molecule has 0 saturated carbocycles. The van der Waals surface area contributed by atoms with Gasteiger partial charge in [-0.3, -0.25) is 4.79 Å². The van der Waals surface area contributed by atoms with Gasteiger partial charge in [0.2, 0.25) is 5.91 Å². The van der Waals surface area contributed by atoms with E-state index in [2.05, 4.69) is 5.32 Å². The molecule has 1 aromatic rings. The Kier molecular flexibility index (Phi) is 4.43. The van der Waals surface area contributed by atoms with Crippen LogP contribution in [0.5, 0.6) is 0 Å². The molecule has 3 nitrogen and oxygen atoms in total. The van der Waals surface area contributed by atoms with Gasteiger partial charge in [0, 0.05) is 12.1 Å². The zero-order chi connectivity index (χ0) is 12.1. The number of carbonyl (C=O) groups excluding carboxylic acids is 1. The Hall–Kier alpha value is -1.42. The second kappa shape index (κ2) is 5.61. The predicted octanol–water partition coefficient (Wildman–Crippen LogP) is 2.23. The largest absolute Gasteiger partial charge is 0.393 e. The van der Waals surface area contributed by atoms with Gasteiger partial charge in [0.05, 0.1) is 6.10 Å². The number of rotatable bonds is 4. The molecule has 1 aromatic carbocycles. The topological polar surface area (TPSA) is 49.3 Å². The maximum atomic E-state index is 12.9. The molecular formula is C12H16FNO2. The highest BCUT2D eigenvalue weighted by molar-refractivity contribution is 5.90. The van der Waals surface area contributed by atoms with Crippen molar-refractivity contribution in [1.29, 1.82) is 0 Å². The number of aliphatic hydroxyl groups is 1. The first-order valence-electron chi connectivity index (χ1n) is 5.23. The highest BCUT2D eigenvalue weighted by Crippen LogP contribution is 2.14. The zero-order valence-corrected chi connectivity index (χ0v) is 9.46. The first kappa shape index (κ1) is 12.6. The van der Waals surface area contributed by atoms with Gasteiger partial charge in [0.15, 0.2) is 0 Å². The molecular weight excluding hydrogens is 209 g/mol. The molecule has 0 fully saturated rings. The van der Waals surface area contributed by atoms with E-state index >= 15 is 0 Å². The molecule has 0 spiro atoms. The number of nitrogens with one attached hydrogen (secondary N) is 1. The second-order valence-corrected chi connectivity index (χ2v) is 3.90. The van der Waals surface area contributed by atoms with Crippen LogP contribution in [-0.4, -0.2) is 17.1 Å². The summed E-state index contributed by atoms with van der Waals surface area (Å²) < 4.78 is 12.9. The lowest BCUT2D eigenvalue weighted by molar-refractivity contribution is -0.116. The van der Waals surface area contributed by atoms with E-state index in [9.17, 15) is 9.18 Å². The molecule has 0 aliphatic rings. The van der Waals surface area contributed by atoms with Crippen LogP contribution in [0.4, 0.5) is 10.1 Å². The third-order valence-corrected chi connectivity index (χ3v) is 2.23. The Morgan fingerprint density at radius 1 is 1.56 bits per heavy atom. The summed E-state index contributed by atoms with van der Waals surface area (Å²) in [5, 5.41) is 11.7. The Morgan fingerprint density at radius 2 is 2.25 bits per heavy atom. The number of benzene rings is 1. The molecule has 1 atom stereocenters. The summed E-state index contributed by atoms with van der Waals surface area (Å²) in [6.45, 7) is 3.27. The van der Waals surface area contributed by atoms with Crippen molar-refractivity contribution in [3.8, 4) is 0 Å². The quantitative estimate of drug-likeness (QED) is 0.825. The number of carbonyl (C=O) groups is 1. The van der Waals surface area contributed by atoms with Gasteiger partial charge in [-0.05, 0) is 44.0 Å². The Labute approximate surface area is 94.3 Å². The average molecular weight is 225 g/mol. The summed E-state index contributed by atoms with van der Waals surface area (Å²) in [7, 11) is 0. The number of hydrogen-bond donors (Lipinski definition) is 2. The molecule has 16 heavy (non-hydrogen) atoms. The summed E-state index contributed by atoms with van der Waals surface area (Å²) in [6.07, 6.45) is 0.195. The van der Waals surface area contributed by atoms with Crippen LogP contribution in [0.1, 0.15) is 25.3 Å². The van der Waals surface area contributed by atoms with E-state index in [0.29, 0.717) is 17.7 Å². The van der Waals surface area contributed by atoms with E-state index in [1.54, 1.807) is 19.9 Å². The summed E-state index contributed by atoms with van der Waals surface area (Å²) in [6, 6.07) is 4.41. The van der Waals surface area contributed by atoms with Crippen LogP contribution in [0.2, 0.25) is 0 Å². The molecule has 0 bridgehead atoms. The van der Waals surface area contributed by atoms with Crippen LogP contribution in [-0.2, 0) is 4.79 Å². The third kappa shape index (κ3) is 3.98. The summed E-state index contributed by atoms with van der Waals surface area (Å²) >= 11 is 0. The number of amides is 1. The number of anilines is 1. The molecule has 4 heteroatoms. The number of hydrogen-bond acceptors (Lipinski definition) is 2. The summed E-state index contributed by atoms with van der Waals surface area (Å²) in [5.41, 5.74) is 1.07. The average Bonchev–Trinajstić information content (AvgIpc) is 2.21. The zero-order valence-electron chi connectivity index (χ0n) is 9.46. The van der Waals surface area contributed by atoms with Gasteiger partial charge < -0.3 is 10.4 Å². The van der Waals surface area contributed by atoms with Crippen LogP contribution in [0.3, 0.4) is 0 Å². The van der Waals surface area contributed by atoms with E-state index in [4.69, 9.17) is 5.11 Å². The Morgan fingerprint density at radius 3 is 2.81 bits per heavy atom. The lowest BCUT2D eigenvalue weighted by atomic mass is 10.2. The molecule has 0 heterocycles. The molecule has 1 amide bonds. The SMILES string of the molecule is Cc1cc(NC(=O)CCC(C)O)ccc1F. The molecule has 0 aliphatic carbocycles. The van der Waals surface area contributed by atoms with Crippen molar-refractivity contribution in [3.63, 3.8) is 0 Å². The van der Waals surface area contributed by atoms with Crippen molar-refractivity contribution in [2.24, 2.45) is 0 Å². The molecule has 88 valence electrons. The molecule has 1 rings (SSSR count). The van der Waals surface area contributed by atoms with Crippen molar-refractivity contribution in [3.05, 3.63) is 29.6 Å². The molecule has 0 radical (unpaired) electrons. The number of halogens is 1. The van der Waals surface area contributed by atoms with Crippen molar-refractivity contribution in [1.82, 2.24) is 0 Å². The fourth-order valence-electron chi connectivity index (χ4n) is 1.29. The van der Waals surface area contributed by atoms with E-state index in [-0.39, 0.29) is 18.1 Å². The third-order valence-electron chi connectivity index (χ3n) is 2.23. The normalized spacial score (nSPS) is 12.2. The van der Waals surface area contributed by atoms with Crippen molar-refractivity contribution in [2.75, 3.05) is 5.32 Å². The van der Waals surface area contributed by atoms with Crippen LogP contribution < -0.4 is 5.32 Å². The standard InChI is InChI=1S/C12H16FNO2/c1-8-7-10(4-5-11(8)13)14-12(16)6-3-9(2)15/h4-5,7,9,15H,3,6H2,1-2H3,(H,14,16). The van der Waals surface area contributed by atoms with Gasteiger partial charge in [-0.15, -0.1) is 0 Å². The van der Waals surface area contributed by atoms with Crippen LogP contribution in [0, 0.1) is 12.7 Å². The van der Waals surface area contributed by atoms with Crippen molar-refractivity contribution < 1.29 is 14.3 Å². The lowest BCUT2D eigenvalue weighted by Crippen LogP contribution is -2.14. The monoisotopic (exact) mass is 225 g/mol. The summed E-state index contributed by atoms with van der Waals surface area (Å²) in [5.74, 6) is -0.464. The van der Waals surface area contributed by atoms with Crippen LogP contribution >= 0.6 is 0 Å². The van der Waals surface area contributed by atoms with Gasteiger partial charge in [0.25, 0.3) is 0 Å². The van der Waals surface area contributed by atoms with E-state index in [1.165, 1.54) is 12.1 Å². The minimum atomic E-state index is -0.485. The van der Waals surface area contributed by atoms with Gasteiger partial charge in [0.1, 0.15) is 5.82 Å². The summed E-state index contributed by atoms with van der Waals surface area (Å²) in [4.78, 5) is 11.4.